The fourth-order valence-corrected chi connectivity index (χ4v) is 1.93. The summed E-state index contributed by atoms with van der Waals surface area (Å²) in [4.78, 5) is 0. The van der Waals surface area contributed by atoms with Crippen LogP contribution in [-0.2, 0) is 6.61 Å². The fourth-order valence-electron chi connectivity index (χ4n) is 1.71. The van der Waals surface area contributed by atoms with Gasteiger partial charge in [0.25, 0.3) is 0 Å². The van der Waals surface area contributed by atoms with Gasteiger partial charge in [-0.2, -0.15) is 5.10 Å². The van der Waals surface area contributed by atoms with Crippen molar-refractivity contribution in [2.24, 2.45) is 5.10 Å². The predicted octanol–water partition coefficient (Wildman–Crippen LogP) is 2.97. The average molecular weight is 323 g/mol. The summed E-state index contributed by atoms with van der Waals surface area (Å²) in [6.07, 6.45) is 1.63. The number of ether oxygens (including phenoxy) is 1. The number of benzene rings is 2. The van der Waals surface area contributed by atoms with Crippen molar-refractivity contribution < 1.29 is 14.2 Å². The Bertz CT molecular complexity index is 612. The third-order valence-electron chi connectivity index (χ3n) is 2.85. The highest BCUT2D eigenvalue weighted by Crippen LogP contribution is 2.21. The summed E-state index contributed by atoms with van der Waals surface area (Å²) in [6, 6.07) is 11.7. The van der Waals surface area contributed by atoms with Crippen molar-refractivity contribution >= 4 is 17.8 Å². The molecule has 0 aliphatic heterocycles. The largest absolute Gasteiger partial charge is 0.489 e. The van der Waals surface area contributed by atoms with E-state index in [4.69, 9.17) is 21.4 Å². The molecule has 0 aliphatic rings. The molecule has 0 atom stereocenters. The van der Waals surface area contributed by atoms with Crippen LogP contribution in [0.1, 0.15) is 11.1 Å². The van der Waals surface area contributed by atoms with Crippen LogP contribution in [0.4, 0.5) is 4.39 Å². The Hall–Kier alpha value is -2.11. The van der Waals surface area contributed by atoms with Crippen molar-refractivity contribution in [3.8, 4) is 5.75 Å². The van der Waals surface area contributed by atoms with E-state index in [9.17, 15) is 4.39 Å². The van der Waals surface area contributed by atoms with Crippen LogP contribution in [0, 0.1) is 5.82 Å². The predicted molar refractivity (Wildman–Crippen MR) is 84.9 cm³/mol. The number of aliphatic hydroxyl groups is 1. The van der Waals surface area contributed by atoms with Crippen molar-refractivity contribution in [1.29, 1.82) is 0 Å². The number of hydrazone groups is 1. The molecule has 0 saturated carbocycles. The van der Waals surface area contributed by atoms with Gasteiger partial charge < -0.3 is 15.3 Å². The summed E-state index contributed by atoms with van der Waals surface area (Å²) in [5, 5.41) is 12.9. The molecule has 0 bridgehead atoms. The van der Waals surface area contributed by atoms with Gasteiger partial charge >= 0.3 is 0 Å². The third-order valence-corrected chi connectivity index (χ3v) is 3.21. The molecule has 0 amide bonds. The highest BCUT2D eigenvalue weighted by atomic mass is 35.5. The molecule has 0 saturated heterocycles. The summed E-state index contributed by atoms with van der Waals surface area (Å²) < 4.78 is 19.1. The van der Waals surface area contributed by atoms with Crippen LogP contribution < -0.4 is 10.2 Å². The average Bonchev–Trinajstić information content (AvgIpc) is 2.52. The second kappa shape index (κ2) is 8.36. The Labute approximate surface area is 133 Å². The van der Waals surface area contributed by atoms with Gasteiger partial charge in [-0.15, -0.1) is 0 Å². The number of aliphatic hydroxyl groups excluding tert-OH is 1. The first-order valence-electron chi connectivity index (χ1n) is 6.73. The third kappa shape index (κ3) is 4.72. The lowest BCUT2D eigenvalue weighted by Crippen LogP contribution is -2.11. The minimum Gasteiger partial charge on any atom is -0.489 e. The second-order valence-corrected chi connectivity index (χ2v) is 4.86. The number of nitrogens with one attached hydrogen (secondary N) is 1. The summed E-state index contributed by atoms with van der Waals surface area (Å²) in [5.74, 6) is 0.228. The minimum absolute atomic E-state index is 0.0305. The molecule has 0 fully saturated rings. The zero-order valence-corrected chi connectivity index (χ0v) is 12.6. The van der Waals surface area contributed by atoms with Gasteiger partial charge in [-0.05, 0) is 42.0 Å². The number of hydrogen-bond donors (Lipinski definition) is 2. The summed E-state index contributed by atoms with van der Waals surface area (Å²) >= 11 is 5.94. The van der Waals surface area contributed by atoms with E-state index in [-0.39, 0.29) is 19.0 Å². The fraction of sp³-hybridized carbons (Fsp3) is 0.188. The van der Waals surface area contributed by atoms with E-state index in [1.54, 1.807) is 30.5 Å². The molecule has 2 rings (SSSR count). The number of rotatable bonds is 7. The maximum Gasteiger partial charge on any atom is 0.131 e. The van der Waals surface area contributed by atoms with E-state index in [0.29, 0.717) is 22.9 Å². The maximum absolute atomic E-state index is 13.6. The molecule has 0 aliphatic carbocycles. The van der Waals surface area contributed by atoms with Gasteiger partial charge in [0.1, 0.15) is 18.2 Å². The van der Waals surface area contributed by atoms with E-state index in [0.717, 1.165) is 5.56 Å². The Morgan fingerprint density at radius 2 is 2.00 bits per heavy atom. The highest BCUT2D eigenvalue weighted by Gasteiger charge is 2.07. The van der Waals surface area contributed by atoms with Gasteiger partial charge in [0, 0.05) is 5.56 Å². The molecule has 0 spiro atoms. The van der Waals surface area contributed by atoms with Crippen LogP contribution in [0.15, 0.2) is 47.6 Å². The second-order valence-electron chi connectivity index (χ2n) is 4.45. The van der Waals surface area contributed by atoms with E-state index in [2.05, 4.69) is 10.5 Å². The van der Waals surface area contributed by atoms with E-state index in [1.165, 1.54) is 6.07 Å². The van der Waals surface area contributed by atoms with Crippen LogP contribution in [0.3, 0.4) is 0 Å². The molecule has 2 aromatic carbocycles. The molecule has 0 unspecified atom stereocenters. The van der Waals surface area contributed by atoms with Crippen LogP contribution in [0.5, 0.6) is 5.75 Å². The van der Waals surface area contributed by atoms with E-state index in [1.807, 2.05) is 12.1 Å². The van der Waals surface area contributed by atoms with Crippen molar-refractivity contribution in [3.63, 3.8) is 0 Å². The molecular formula is C16H16ClFN2O2. The first-order valence-corrected chi connectivity index (χ1v) is 7.11. The lowest BCUT2D eigenvalue weighted by Gasteiger charge is -2.08. The smallest absolute Gasteiger partial charge is 0.131 e. The Kier molecular flexibility index (Phi) is 6.18. The van der Waals surface area contributed by atoms with Crippen molar-refractivity contribution in [3.05, 3.63) is 64.4 Å². The molecule has 0 aromatic heterocycles. The Morgan fingerprint density at radius 3 is 2.68 bits per heavy atom. The van der Waals surface area contributed by atoms with E-state index < -0.39 is 0 Å². The first kappa shape index (κ1) is 16.3. The standard InChI is InChI=1S/C16H16ClFN2O2/c17-15-2-1-3-16(18)14(15)11-22-13-6-4-12(5-7-13)10-20-19-8-9-21/h1-7,10,19,21H,8-9,11H2. The SMILES string of the molecule is OCCNN=Cc1ccc(OCc2c(F)cccc2Cl)cc1. The van der Waals surface area contributed by atoms with Gasteiger partial charge in [-0.1, -0.05) is 17.7 Å². The summed E-state index contributed by atoms with van der Waals surface area (Å²) in [7, 11) is 0. The zero-order chi connectivity index (χ0) is 15.8. The quantitative estimate of drug-likeness (QED) is 0.468. The molecule has 116 valence electrons. The first-order chi connectivity index (χ1) is 10.7. The molecule has 4 nitrogen and oxygen atoms in total. The molecular weight excluding hydrogens is 307 g/mol. The summed E-state index contributed by atoms with van der Waals surface area (Å²) in [6.45, 7) is 0.501. The normalized spacial score (nSPS) is 10.9. The van der Waals surface area contributed by atoms with Crippen molar-refractivity contribution in [2.45, 2.75) is 6.61 Å². The van der Waals surface area contributed by atoms with Gasteiger partial charge in [0.2, 0.25) is 0 Å². The van der Waals surface area contributed by atoms with Crippen LogP contribution in [-0.4, -0.2) is 24.5 Å². The van der Waals surface area contributed by atoms with Crippen molar-refractivity contribution in [2.75, 3.05) is 13.2 Å². The Balaban J connectivity index is 1.93. The minimum atomic E-state index is -0.383. The van der Waals surface area contributed by atoms with Gasteiger partial charge in [-0.25, -0.2) is 4.39 Å². The van der Waals surface area contributed by atoms with Crippen LogP contribution in [0.25, 0.3) is 0 Å². The molecule has 0 radical (unpaired) electrons. The van der Waals surface area contributed by atoms with E-state index >= 15 is 0 Å². The van der Waals surface area contributed by atoms with Gasteiger partial charge in [0.05, 0.1) is 24.4 Å². The van der Waals surface area contributed by atoms with Crippen LogP contribution >= 0.6 is 11.6 Å². The van der Waals surface area contributed by atoms with Crippen LogP contribution in [0.2, 0.25) is 5.02 Å². The number of halogens is 2. The molecule has 0 heterocycles. The lowest BCUT2D eigenvalue weighted by atomic mass is 10.2. The molecule has 2 aromatic rings. The monoisotopic (exact) mass is 322 g/mol. The van der Waals surface area contributed by atoms with Gasteiger partial charge in [-0.3, -0.25) is 0 Å². The molecule has 6 heteroatoms. The molecule has 2 N–H and O–H groups in total. The summed E-state index contributed by atoms with van der Waals surface area (Å²) in [5.41, 5.74) is 3.90. The lowest BCUT2D eigenvalue weighted by molar-refractivity contribution is 0.294. The zero-order valence-electron chi connectivity index (χ0n) is 11.8. The van der Waals surface area contributed by atoms with Gasteiger partial charge in [0.15, 0.2) is 0 Å². The highest BCUT2D eigenvalue weighted by molar-refractivity contribution is 6.31. The topological polar surface area (TPSA) is 53.8 Å². The van der Waals surface area contributed by atoms with Crippen molar-refractivity contribution in [1.82, 2.24) is 5.43 Å². The number of nitrogens with zero attached hydrogens (tertiary/aromatic N) is 1. The molecule has 22 heavy (non-hydrogen) atoms. The Morgan fingerprint density at radius 1 is 1.23 bits per heavy atom. The maximum atomic E-state index is 13.6. The number of hydrogen-bond acceptors (Lipinski definition) is 4.